The van der Waals surface area contributed by atoms with Crippen molar-refractivity contribution in [2.24, 2.45) is 11.5 Å². The summed E-state index contributed by atoms with van der Waals surface area (Å²) in [6, 6.07) is 24.0. The molecule has 0 saturated carbocycles. The number of likely N-dealkylation sites (tertiary alicyclic amines) is 1. The largest absolute Gasteiger partial charge is 0.492 e. The van der Waals surface area contributed by atoms with Crippen LogP contribution in [0.2, 0.25) is 0 Å². The number of carbonyl (C=O) groups excluding carboxylic acids is 2. The van der Waals surface area contributed by atoms with Crippen LogP contribution in [-0.2, 0) is 11.3 Å². The van der Waals surface area contributed by atoms with Gasteiger partial charge in [0.1, 0.15) is 30.0 Å². The zero-order valence-electron chi connectivity index (χ0n) is 21.9. The highest BCUT2D eigenvalue weighted by Gasteiger charge is 2.23. The molecule has 0 aromatic heterocycles. The van der Waals surface area contributed by atoms with Gasteiger partial charge in [-0.1, -0.05) is 42.5 Å². The number of hydrogen-bond acceptors (Lipinski definition) is 6. The summed E-state index contributed by atoms with van der Waals surface area (Å²) in [5.74, 6) is 1.11. The van der Waals surface area contributed by atoms with Crippen LogP contribution in [0.25, 0.3) is 0 Å². The van der Waals surface area contributed by atoms with Crippen molar-refractivity contribution in [2.75, 3.05) is 32.8 Å². The zero-order valence-corrected chi connectivity index (χ0v) is 21.9. The maximum Gasteiger partial charge on any atom is 0.254 e. The fraction of sp³-hybridized carbons (Fsp3) is 0.300. The normalized spacial score (nSPS) is 13.5. The molecule has 3 aromatic carbocycles. The predicted octanol–water partition coefficient (Wildman–Crippen LogP) is 3.02. The number of rotatable bonds is 11. The number of benzene rings is 3. The monoisotopic (exact) mass is 529 g/mol. The lowest BCUT2D eigenvalue weighted by molar-refractivity contribution is -0.131. The molecule has 0 bridgehead atoms. The quantitative estimate of drug-likeness (QED) is 0.258. The van der Waals surface area contributed by atoms with Crippen LogP contribution in [0, 0.1) is 5.41 Å². The number of amidine groups is 1. The van der Waals surface area contributed by atoms with Crippen molar-refractivity contribution in [3.05, 3.63) is 95.6 Å². The van der Waals surface area contributed by atoms with Gasteiger partial charge in [-0.2, -0.15) is 0 Å². The van der Waals surface area contributed by atoms with Gasteiger partial charge in [-0.3, -0.25) is 15.0 Å². The first-order chi connectivity index (χ1) is 18.9. The van der Waals surface area contributed by atoms with E-state index in [1.165, 1.54) is 0 Å². The van der Waals surface area contributed by atoms with E-state index in [-0.39, 0.29) is 36.9 Å². The molecular formula is C30H35N5O4. The van der Waals surface area contributed by atoms with Crippen molar-refractivity contribution in [2.45, 2.75) is 25.5 Å². The number of nitrogens with zero attached hydrogens (tertiary/aromatic N) is 2. The molecule has 9 nitrogen and oxygen atoms in total. The van der Waals surface area contributed by atoms with Crippen molar-refractivity contribution in [3.63, 3.8) is 0 Å². The number of nitrogens with two attached hydrogens (primary N) is 2. The lowest BCUT2D eigenvalue weighted by Crippen LogP contribution is -2.44. The standard InChI is InChI=1S/C30H35N5O4/c31-20-28(36)34-15-13-26(14-16-34)39-25-11-9-23(10-12-25)30(37)35(21-22-5-2-1-3-6-22)17-18-38-27-8-4-7-24(19-27)29(32)33/h1-12,19,26H,13-18,20-21,31H2,(H3,32,33). The van der Waals surface area contributed by atoms with E-state index in [0.717, 1.165) is 18.4 Å². The number of nitrogen functional groups attached to an aromatic ring is 1. The number of nitrogens with one attached hydrogen (secondary N) is 1. The first-order valence-electron chi connectivity index (χ1n) is 13.1. The van der Waals surface area contributed by atoms with Crippen molar-refractivity contribution in [3.8, 4) is 11.5 Å². The average molecular weight is 530 g/mol. The molecule has 9 heteroatoms. The fourth-order valence-corrected chi connectivity index (χ4v) is 4.49. The Balaban J connectivity index is 1.37. The number of amides is 2. The van der Waals surface area contributed by atoms with Gasteiger partial charge in [-0.15, -0.1) is 0 Å². The van der Waals surface area contributed by atoms with Gasteiger partial charge < -0.3 is 30.7 Å². The fourth-order valence-electron chi connectivity index (χ4n) is 4.49. The van der Waals surface area contributed by atoms with Gasteiger partial charge in [0.25, 0.3) is 5.91 Å². The van der Waals surface area contributed by atoms with Crippen LogP contribution >= 0.6 is 0 Å². The third kappa shape index (κ3) is 7.81. The number of carbonyl (C=O) groups is 2. The SMILES string of the molecule is N=C(N)c1cccc(OCCN(Cc2ccccc2)C(=O)c2ccc(OC3CCN(C(=O)CN)CC3)cc2)c1. The van der Waals surface area contributed by atoms with E-state index >= 15 is 0 Å². The summed E-state index contributed by atoms with van der Waals surface area (Å²) in [6.45, 7) is 2.39. The lowest BCUT2D eigenvalue weighted by Gasteiger charge is -2.32. The molecule has 0 unspecified atom stereocenters. The highest BCUT2D eigenvalue weighted by atomic mass is 16.5. The molecule has 3 aromatic rings. The number of hydrogen-bond donors (Lipinski definition) is 3. The molecule has 0 aliphatic carbocycles. The van der Waals surface area contributed by atoms with Crippen LogP contribution < -0.4 is 20.9 Å². The highest BCUT2D eigenvalue weighted by Crippen LogP contribution is 2.21. The molecule has 1 fully saturated rings. The summed E-state index contributed by atoms with van der Waals surface area (Å²) < 4.78 is 12.0. The van der Waals surface area contributed by atoms with Gasteiger partial charge in [0.2, 0.25) is 5.91 Å². The Labute approximate surface area is 228 Å². The summed E-state index contributed by atoms with van der Waals surface area (Å²) in [5.41, 5.74) is 13.2. The Hall–Kier alpha value is -4.37. The van der Waals surface area contributed by atoms with E-state index in [1.807, 2.05) is 42.5 Å². The Kier molecular flexibility index (Phi) is 9.53. The zero-order chi connectivity index (χ0) is 27.6. The topological polar surface area (TPSA) is 135 Å². The summed E-state index contributed by atoms with van der Waals surface area (Å²) >= 11 is 0. The average Bonchev–Trinajstić information content (AvgIpc) is 2.97. The van der Waals surface area contributed by atoms with Gasteiger partial charge in [0.15, 0.2) is 0 Å². The van der Waals surface area contributed by atoms with E-state index in [2.05, 4.69) is 0 Å². The maximum atomic E-state index is 13.5. The molecule has 4 rings (SSSR count). The van der Waals surface area contributed by atoms with E-state index in [9.17, 15) is 9.59 Å². The number of piperidine rings is 1. The molecule has 0 atom stereocenters. The second kappa shape index (κ2) is 13.4. The Morgan fingerprint density at radius 3 is 2.31 bits per heavy atom. The minimum atomic E-state index is -0.111. The van der Waals surface area contributed by atoms with Crippen LogP contribution in [0.1, 0.15) is 34.3 Å². The van der Waals surface area contributed by atoms with E-state index < -0.39 is 0 Å². The Morgan fingerprint density at radius 2 is 1.64 bits per heavy atom. The lowest BCUT2D eigenvalue weighted by atomic mass is 10.1. The minimum Gasteiger partial charge on any atom is -0.492 e. The van der Waals surface area contributed by atoms with Gasteiger partial charge in [0.05, 0.1) is 13.1 Å². The summed E-state index contributed by atoms with van der Waals surface area (Å²) in [7, 11) is 0. The molecule has 1 heterocycles. The molecule has 2 amide bonds. The second-order valence-corrected chi connectivity index (χ2v) is 9.43. The van der Waals surface area contributed by atoms with Crippen molar-refractivity contribution < 1.29 is 19.1 Å². The highest BCUT2D eigenvalue weighted by molar-refractivity contribution is 5.95. The minimum absolute atomic E-state index is 0.0154. The van der Waals surface area contributed by atoms with E-state index in [0.29, 0.717) is 48.8 Å². The molecule has 0 radical (unpaired) electrons. The van der Waals surface area contributed by atoms with Gasteiger partial charge >= 0.3 is 0 Å². The molecule has 5 N–H and O–H groups in total. The molecule has 1 aliphatic heterocycles. The smallest absolute Gasteiger partial charge is 0.254 e. The van der Waals surface area contributed by atoms with Crippen LogP contribution in [-0.4, -0.2) is 66.3 Å². The van der Waals surface area contributed by atoms with Crippen LogP contribution in [0.3, 0.4) is 0 Å². The maximum absolute atomic E-state index is 13.5. The summed E-state index contributed by atoms with van der Waals surface area (Å²) in [6.07, 6.45) is 1.50. The summed E-state index contributed by atoms with van der Waals surface area (Å²) in [5, 5.41) is 7.61. The third-order valence-corrected chi connectivity index (χ3v) is 6.65. The van der Waals surface area contributed by atoms with E-state index in [1.54, 1.807) is 46.2 Å². The molecule has 1 aliphatic rings. The van der Waals surface area contributed by atoms with Crippen molar-refractivity contribution in [1.29, 1.82) is 5.41 Å². The predicted molar refractivity (Wildman–Crippen MR) is 150 cm³/mol. The first-order valence-corrected chi connectivity index (χ1v) is 13.1. The van der Waals surface area contributed by atoms with E-state index in [4.69, 9.17) is 26.4 Å². The Bertz CT molecular complexity index is 1260. The summed E-state index contributed by atoms with van der Waals surface area (Å²) in [4.78, 5) is 28.8. The van der Waals surface area contributed by atoms with Gasteiger partial charge in [-0.25, -0.2) is 0 Å². The van der Waals surface area contributed by atoms with Crippen molar-refractivity contribution in [1.82, 2.24) is 9.80 Å². The van der Waals surface area contributed by atoms with Crippen LogP contribution in [0.15, 0.2) is 78.9 Å². The third-order valence-electron chi connectivity index (χ3n) is 6.65. The number of ether oxygens (including phenoxy) is 2. The molecule has 204 valence electrons. The van der Waals surface area contributed by atoms with Gasteiger partial charge in [0, 0.05) is 43.6 Å². The van der Waals surface area contributed by atoms with Crippen molar-refractivity contribution >= 4 is 17.6 Å². The van der Waals surface area contributed by atoms with Gasteiger partial charge in [-0.05, 0) is 42.0 Å². The second-order valence-electron chi connectivity index (χ2n) is 9.43. The van der Waals surface area contributed by atoms with Crippen LogP contribution in [0.4, 0.5) is 0 Å². The molecule has 1 saturated heterocycles. The molecule has 0 spiro atoms. The Morgan fingerprint density at radius 1 is 0.923 bits per heavy atom. The first kappa shape index (κ1) is 27.7. The van der Waals surface area contributed by atoms with Crippen LogP contribution in [0.5, 0.6) is 11.5 Å². The molecular weight excluding hydrogens is 494 g/mol. The molecule has 39 heavy (non-hydrogen) atoms.